The molecule has 1 N–H and O–H groups in total. The number of nitrogens with one attached hydrogen (secondary N) is 1. The summed E-state index contributed by atoms with van der Waals surface area (Å²) >= 11 is 0. The van der Waals surface area contributed by atoms with Crippen molar-refractivity contribution < 1.29 is 18.3 Å². The van der Waals surface area contributed by atoms with Gasteiger partial charge in [0.15, 0.2) is 0 Å². The number of para-hydroxylation sites is 1. The highest BCUT2D eigenvalue weighted by Gasteiger charge is 2.07. The van der Waals surface area contributed by atoms with E-state index in [1.54, 1.807) is 30.3 Å². The SMILES string of the molecule is O=C(Nc1cc(F)cc(F)c1)Oc1ccccc1. The number of rotatable bonds is 2. The Labute approximate surface area is 102 Å². The van der Waals surface area contributed by atoms with Gasteiger partial charge in [-0.05, 0) is 24.3 Å². The first kappa shape index (κ1) is 12.0. The molecule has 0 spiro atoms. The molecular formula is C13H9F2NO2. The van der Waals surface area contributed by atoms with Crippen molar-refractivity contribution in [3.63, 3.8) is 0 Å². The zero-order valence-corrected chi connectivity index (χ0v) is 9.19. The van der Waals surface area contributed by atoms with Crippen molar-refractivity contribution in [2.24, 2.45) is 0 Å². The van der Waals surface area contributed by atoms with E-state index in [1.165, 1.54) is 0 Å². The van der Waals surface area contributed by atoms with E-state index >= 15 is 0 Å². The van der Waals surface area contributed by atoms with Gasteiger partial charge < -0.3 is 4.74 Å². The second-order valence-electron chi connectivity index (χ2n) is 3.49. The average molecular weight is 249 g/mol. The van der Waals surface area contributed by atoms with Crippen molar-refractivity contribution in [2.45, 2.75) is 0 Å². The Balaban J connectivity index is 2.03. The lowest BCUT2D eigenvalue weighted by Crippen LogP contribution is -2.16. The zero-order valence-electron chi connectivity index (χ0n) is 9.19. The van der Waals surface area contributed by atoms with E-state index in [0.717, 1.165) is 12.1 Å². The van der Waals surface area contributed by atoms with Crippen LogP contribution in [0.3, 0.4) is 0 Å². The molecule has 1 amide bonds. The van der Waals surface area contributed by atoms with Crippen molar-refractivity contribution in [1.82, 2.24) is 0 Å². The minimum atomic E-state index is -0.814. The van der Waals surface area contributed by atoms with Crippen molar-refractivity contribution in [2.75, 3.05) is 5.32 Å². The molecule has 2 rings (SSSR count). The van der Waals surface area contributed by atoms with Crippen molar-refractivity contribution in [3.05, 3.63) is 60.2 Å². The molecule has 0 aliphatic rings. The fourth-order valence-electron chi connectivity index (χ4n) is 1.36. The molecule has 0 saturated carbocycles. The van der Waals surface area contributed by atoms with Gasteiger partial charge in [-0.15, -0.1) is 0 Å². The number of anilines is 1. The Morgan fingerprint density at radius 2 is 1.61 bits per heavy atom. The molecule has 18 heavy (non-hydrogen) atoms. The summed E-state index contributed by atoms with van der Waals surface area (Å²) in [7, 11) is 0. The highest BCUT2D eigenvalue weighted by molar-refractivity contribution is 5.86. The van der Waals surface area contributed by atoms with Crippen LogP contribution in [0.1, 0.15) is 0 Å². The molecule has 0 bridgehead atoms. The minimum absolute atomic E-state index is 0.00608. The zero-order chi connectivity index (χ0) is 13.0. The van der Waals surface area contributed by atoms with Crippen LogP contribution in [0.4, 0.5) is 19.3 Å². The number of carbonyl (C=O) groups excluding carboxylic acids is 1. The summed E-state index contributed by atoms with van der Waals surface area (Å²) in [6.45, 7) is 0. The Morgan fingerprint density at radius 1 is 1.00 bits per heavy atom. The number of ether oxygens (including phenoxy) is 1. The minimum Gasteiger partial charge on any atom is -0.410 e. The van der Waals surface area contributed by atoms with E-state index in [0.29, 0.717) is 11.8 Å². The van der Waals surface area contributed by atoms with Crippen LogP contribution in [0.5, 0.6) is 5.75 Å². The average Bonchev–Trinajstić information content (AvgIpc) is 2.28. The van der Waals surface area contributed by atoms with Crippen LogP contribution >= 0.6 is 0 Å². The molecule has 0 aliphatic carbocycles. The lowest BCUT2D eigenvalue weighted by molar-refractivity contribution is 0.215. The lowest BCUT2D eigenvalue weighted by atomic mass is 10.3. The van der Waals surface area contributed by atoms with E-state index in [1.807, 2.05) is 0 Å². The molecule has 3 nitrogen and oxygen atoms in total. The Kier molecular flexibility index (Phi) is 3.52. The predicted molar refractivity (Wildman–Crippen MR) is 62.4 cm³/mol. The topological polar surface area (TPSA) is 38.3 Å². The molecule has 5 heteroatoms. The second kappa shape index (κ2) is 5.27. The maximum atomic E-state index is 12.9. The van der Waals surface area contributed by atoms with Crippen LogP contribution in [0.25, 0.3) is 0 Å². The van der Waals surface area contributed by atoms with E-state index < -0.39 is 17.7 Å². The van der Waals surface area contributed by atoms with E-state index in [-0.39, 0.29) is 5.69 Å². The first-order valence-corrected chi connectivity index (χ1v) is 5.13. The molecule has 0 atom stereocenters. The van der Waals surface area contributed by atoms with E-state index in [4.69, 9.17) is 4.74 Å². The van der Waals surface area contributed by atoms with Gasteiger partial charge in [-0.2, -0.15) is 0 Å². The third-order valence-corrected chi connectivity index (χ3v) is 2.06. The maximum absolute atomic E-state index is 12.9. The van der Waals surface area contributed by atoms with Crippen LogP contribution in [0, 0.1) is 11.6 Å². The predicted octanol–water partition coefficient (Wildman–Crippen LogP) is 3.58. The monoisotopic (exact) mass is 249 g/mol. The molecule has 0 saturated heterocycles. The summed E-state index contributed by atoms with van der Waals surface area (Å²) in [5.41, 5.74) is -0.00608. The summed E-state index contributed by atoms with van der Waals surface area (Å²) in [6, 6.07) is 11.1. The highest BCUT2D eigenvalue weighted by Crippen LogP contribution is 2.14. The second-order valence-corrected chi connectivity index (χ2v) is 3.49. The van der Waals surface area contributed by atoms with Crippen LogP contribution < -0.4 is 10.1 Å². The summed E-state index contributed by atoms with van der Waals surface area (Å²) in [5.74, 6) is -1.21. The molecule has 0 radical (unpaired) electrons. The molecule has 0 unspecified atom stereocenters. The Hall–Kier alpha value is -2.43. The normalized spacial score (nSPS) is 9.89. The van der Waals surface area contributed by atoms with E-state index in [2.05, 4.69) is 5.32 Å². The quantitative estimate of drug-likeness (QED) is 0.883. The van der Waals surface area contributed by atoms with Crippen molar-refractivity contribution in [1.29, 1.82) is 0 Å². The number of amides is 1. The number of benzene rings is 2. The smallest absolute Gasteiger partial charge is 0.410 e. The fourth-order valence-corrected chi connectivity index (χ4v) is 1.36. The van der Waals surface area contributed by atoms with Gasteiger partial charge in [0.25, 0.3) is 0 Å². The molecule has 92 valence electrons. The van der Waals surface area contributed by atoms with Crippen LogP contribution in [0.15, 0.2) is 48.5 Å². The Bertz CT molecular complexity index is 538. The molecule has 0 heterocycles. The third kappa shape index (κ3) is 3.28. The summed E-state index contributed by atoms with van der Waals surface area (Å²) in [6.07, 6.45) is -0.814. The van der Waals surface area contributed by atoms with Crippen molar-refractivity contribution in [3.8, 4) is 5.75 Å². The molecule has 2 aromatic carbocycles. The number of carbonyl (C=O) groups is 1. The number of hydrogen-bond donors (Lipinski definition) is 1. The molecule has 0 aromatic heterocycles. The van der Waals surface area contributed by atoms with Gasteiger partial charge >= 0.3 is 6.09 Å². The summed E-state index contributed by atoms with van der Waals surface area (Å²) in [4.78, 5) is 11.4. The van der Waals surface area contributed by atoms with Gasteiger partial charge in [0.1, 0.15) is 17.4 Å². The third-order valence-electron chi connectivity index (χ3n) is 2.06. The number of halogens is 2. The first-order chi connectivity index (χ1) is 8.63. The van der Waals surface area contributed by atoms with Gasteiger partial charge in [0.2, 0.25) is 0 Å². The molecular weight excluding hydrogens is 240 g/mol. The van der Waals surface area contributed by atoms with Crippen molar-refractivity contribution >= 4 is 11.8 Å². The maximum Gasteiger partial charge on any atom is 0.417 e. The van der Waals surface area contributed by atoms with Gasteiger partial charge in [0.05, 0.1) is 0 Å². The lowest BCUT2D eigenvalue weighted by Gasteiger charge is -2.06. The van der Waals surface area contributed by atoms with Gasteiger partial charge in [-0.1, -0.05) is 18.2 Å². The number of hydrogen-bond acceptors (Lipinski definition) is 2. The standard InChI is InChI=1S/C13H9F2NO2/c14-9-6-10(15)8-11(7-9)16-13(17)18-12-4-2-1-3-5-12/h1-8H,(H,16,17). The van der Waals surface area contributed by atoms with Gasteiger partial charge in [-0.3, -0.25) is 5.32 Å². The van der Waals surface area contributed by atoms with Gasteiger partial charge in [-0.25, -0.2) is 13.6 Å². The summed E-state index contributed by atoms with van der Waals surface area (Å²) < 4.78 is 30.6. The molecule has 2 aromatic rings. The molecule has 0 fully saturated rings. The summed E-state index contributed by atoms with van der Waals surface area (Å²) in [5, 5.41) is 2.23. The van der Waals surface area contributed by atoms with Crippen LogP contribution in [0.2, 0.25) is 0 Å². The van der Waals surface area contributed by atoms with Crippen LogP contribution in [-0.4, -0.2) is 6.09 Å². The van der Waals surface area contributed by atoms with Crippen LogP contribution in [-0.2, 0) is 0 Å². The first-order valence-electron chi connectivity index (χ1n) is 5.13. The van der Waals surface area contributed by atoms with E-state index in [9.17, 15) is 13.6 Å². The highest BCUT2D eigenvalue weighted by atomic mass is 19.1. The van der Waals surface area contributed by atoms with Gasteiger partial charge in [0, 0.05) is 11.8 Å². The molecule has 0 aliphatic heterocycles. The Morgan fingerprint density at radius 3 is 2.22 bits per heavy atom. The largest absolute Gasteiger partial charge is 0.417 e. The fraction of sp³-hybridized carbons (Fsp3) is 0.